The summed E-state index contributed by atoms with van der Waals surface area (Å²) in [6.45, 7) is 0. The number of allylic oxidation sites excluding steroid dienone is 2. The van der Waals surface area contributed by atoms with Gasteiger partial charge in [0.1, 0.15) is 11.5 Å². The molecule has 1 aromatic heterocycles. The number of rotatable bonds is 2. The van der Waals surface area contributed by atoms with E-state index in [0.717, 1.165) is 33.0 Å². The van der Waals surface area contributed by atoms with E-state index < -0.39 is 5.91 Å². The molecule has 1 unspecified atom stereocenters. The number of nitrogens with one attached hydrogen (secondary N) is 1. The van der Waals surface area contributed by atoms with Crippen molar-refractivity contribution in [2.75, 3.05) is 0 Å². The van der Waals surface area contributed by atoms with Gasteiger partial charge in [-0.1, -0.05) is 37.2 Å². The summed E-state index contributed by atoms with van der Waals surface area (Å²) in [6, 6.07) is 0. The molecule has 6 heteroatoms. The molecular weight excluding hydrogens is 255 g/mol. The van der Waals surface area contributed by atoms with Gasteiger partial charge in [0, 0.05) is 0 Å². The highest BCUT2D eigenvalue weighted by Gasteiger charge is 2.29. The van der Waals surface area contributed by atoms with Crippen molar-refractivity contribution >= 4 is 24.9 Å². The molecule has 0 radical (unpaired) electrons. The summed E-state index contributed by atoms with van der Waals surface area (Å²) in [5.41, 5.74) is 0.486. The van der Waals surface area contributed by atoms with Crippen LogP contribution >= 0.6 is 0 Å². The first kappa shape index (κ1) is 13.2. The monoisotopic (exact) mass is 272 g/mol. The number of carbonyl (C=O) groups excluding carboxylic acids is 2. The largest absolute Gasteiger partial charge is 0.446 e. The second-order valence-corrected chi connectivity index (χ2v) is 5.49. The molecule has 0 saturated carbocycles. The Morgan fingerprint density at radius 3 is 3.00 bits per heavy atom. The van der Waals surface area contributed by atoms with Gasteiger partial charge in [0.15, 0.2) is 0 Å². The molecule has 0 aromatic carbocycles. The van der Waals surface area contributed by atoms with E-state index in [9.17, 15) is 9.59 Å². The lowest BCUT2D eigenvalue weighted by molar-refractivity contribution is -0.119. The van der Waals surface area contributed by atoms with Crippen LogP contribution < -0.4 is 11.1 Å². The molecule has 1 aliphatic heterocycles. The van der Waals surface area contributed by atoms with E-state index >= 15 is 0 Å². The van der Waals surface area contributed by atoms with E-state index in [1.807, 2.05) is 0 Å². The van der Waals surface area contributed by atoms with Gasteiger partial charge in [0.2, 0.25) is 18.9 Å². The third-order valence-electron chi connectivity index (χ3n) is 3.88. The summed E-state index contributed by atoms with van der Waals surface area (Å²) >= 11 is 0. The number of imide groups is 1. The maximum Gasteiger partial charge on any atom is 0.295 e. The lowest BCUT2D eigenvalue weighted by Gasteiger charge is -2.14. The average molecular weight is 272 g/mol. The summed E-state index contributed by atoms with van der Waals surface area (Å²) in [5, 5.41) is 2.25. The van der Waals surface area contributed by atoms with Gasteiger partial charge >= 0.3 is 0 Å². The third-order valence-corrected chi connectivity index (χ3v) is 3.88. The fourth-order valence-electron chi connectivity index (χ4n) is 2.85. The number of aromatic nitrogens is 1. The van der Waals surface area contributed by atoms with Crippen molar-refractivity contribution in [3.05, 3.63) is 23.6 Å². The first-order valence-electron chi connectivity index (χ1n) is 7.20. The van der Waals surface area contributed by atoms with Crippen molar-refractivity contribution < 1.29 is 14.0 Å². The highest BCUT2D eigenvalue weighted by Crippen LogP contribution is 2.23. The third kappa shape index (κ3) is 2.84. The number of nitrogens with zero attached hydrogens (tertiary/aromatic N) is 1. The number of amides is 2. The molecule has 0 spiro atoms. The van der Waals surface area contributed by atoms with Gasteiger partial charge in [-0.25, -0.2) is 4.98 Å². The first-order chi connectivity index (χ1) is 9.72. The molecule has 1 aliphatic carbocycles. The SMILES string of the molecule is O=C1Cc2nc(BC3CC/C=C\CCC3)oc2C(=O)N1. The number of hydrogen-bond donors (Lipinski definition) is 1. The Morgan fingerprint density at radius 2 is 2.10 bits per heavy atom. The molecule has 1 aromatic rings. The predicted molar refractivity (Wildman–Crippen MR) is 75.4 cm³/mol. The Hall–Kier alpha value is -1.85. The smallest absolute Gasteiger partial charge is 0.295 e. The second kappa shape index (κ2) is 5.65. The van der Waals surface area contributed by atoms with E-state index in [-0.39, 0.29) is 18.1 Å². The molecule has 20 heavy (non-hydrogen) atoms. The van der Waals surface area contributed by atoms with E-state index in [2.05, 4.69) is 22.5 Å². The summed E-state index contributed by atoms with van der Waals surface area (Å²) in [7, 11) is 0.752. The quantitative estimate of drug-likeness (QED) is 0.492. The van der Waals surface area contributed by atoms with Crippen molar-refractivity contribution in [3.63, 3.8) is 0 Å². The standard InChI is InChI=1S/C14H17BN2O3/c18-11-8-10-12(13(19)17-11)20-14(16-10)15-9-6-4-2-1-3-5-7-9/h1-2,9,15H,3-8H2,(H,17,18,19)/b2-1-. The molecule has 2 amide bonds. The molecule has 0 saturated heterocycles. The summed E-state index contributed by atoms with van der Waals surface area (Å²) in [6.07, 6.45) is 10.3. The topological polar surface area (TPSA) is 72.2 Å². The van der Waals surface area contributed by atoms with E-state index in [0.29, 0.717) is 17.3 Å². The number of oxazole rings is 1. The molecule has 2 aliphatic rings. The Morgan fingerprint density at radius 1 is 1.25 bits per heavy atom. The van der Waals surface area contributed by atoms with Crippen molar-refractivity contribution in [2.24, 2.45) is 0 Å². The normalized spacial score (nSPS) is 24.3. The molecular formula is C14H17BN2O3. The van der Waals surface area contributed by atoms with Crippen LogP contribution in [-0.2, 0) is 11.2 Å². The molecule has 0 fully saturated rings. The zero-order valence-electron chi connectivity index (χ0n) is 11.4. The van der Waals surface area contributed by atoms with Gasteiger partial charge in [-0.2, -0.15) is 0 Å². The van der Waals surface area contributed by atoms with Crippen LogP contribution in [0, 0.1) is 0 Å². The minimum Gasteiger partial charge on any atom is -0.446 e. The van der Waals surface area contributed by atoms with Crippen LogP contribution in [-0.4, -0.2) is 24.1 Å². The summed E-state index contributed by atoms with van der Waals surface area (Å²) in [4.78, 5) is 27.3. The maximum atomic E-state index is 11.6. The molecule has 104 valence electrons. The van der Waals surface area contributed by atoms with Crippen molar-refractivity contribution in [2.45, 2.75) is 44.3 Å². The summed E-state index contributed by atoms with van der Waals surface area (Å²) < 4.78 is 5.55. The van der Waals surface area contributed by atoms with Crippen LogP contribution in [0.5, 0.6) is 0 Å². The predicted octanol–water partition coefficient (Wildman–Crippen LogP) is 0.858. The van der Waals surface area contributed by atoms with Crippen LogP contribution in [0.4, 0.5) is 0 Å². The number of fused-ring (bicyclic) bond motifs is 1. The maximum absolute atomic E-state index is 11.6. The minimum atomic E-state index is -0.462. The van der Waals surface area contributed by atoms with E-state index in [1.165, 1.54) is 6.42 Å². The zero-order valence-corrected chi connectivity index (χ0v) is 11.4. The Balaban J connectivity index is 1.72. The number of hydrogen-bond acceptors (Lipinski definition) is 4. The average Bonchev–Trinajstić information content (AvgIpc) is 2.75. The van der Waals surface area contributed by atoms with Crippen molar-refractivity contribution in [1.29, 1.82) is 0 Å². The molecule has 3 rings (SSSR count). The molecule has 5 nitrogen and oxygen atoms in total. The van der Waals surface area contributed by atoms with Crippen LogP contribution in [0.3, 0.4) is 0 Å². The Labute approximate surface area is 118 Å². The zero-order chi connectivity index (χ0) is 13.9. The Kier molecular flexibility index (Phi) is 3.71. The molecule has 1 atom stereocenters. The van der Waals surface area contributed by atoms with Gasteiger partial charge < -0.3 is 4.42 Å². The van der Waals surface area contributed by atoms with Crippen LogP contribution in [0.15, 0.2) is 16.6 Å². The van der Waals surface area contributed by atoms with Gasteiger partial charge in [0.05, 0.1) is 6.42 Å². The van der Waals surface area contributed by atoms with E-state index in [1.54, 1.807) is 0 Å². The Bertz CT molecular complexity index is 565. The lowest BCUT2D eigenvalue weighted by atomic mass is 9.60. The van der Waals surface area contributed by atoms with Gasteiger partial charge in [-0.15, -0.1) is 0 Å². The first-order valence-corrected chi connectivity index (χ1v) is 7.20. The van der Waals surface area contributed by atoms with Crippen molar-refractivity contribution in [3.8, 4) is 0 Å². The van der Waals surface area contributed by atoms with Gasteiger partial charge in [-0.3, -0.25) is 14.9 Å². The fraction of sp³-hybridized carbons (Fsp3) is 0.500. The van der Waals surface area contributed by atoms with Crippen LogP contribution in [0.2, 0.25) is 5.82 Å². The van der Waals surface area contributed by atoms with E-state index in [4.69, 9.17) is 4.42 Å². The van der Waals surface area contributed by atoms with Gasteiger partial charge in [-0.05, 0) is 12.8 Å². The van der Waals surface area contributed by atoms with Crippen LogP contribution in [0.25, 0.3) is 0 Å². The fourth-order valence-corrected chi connectivity index (χ4v) is 2.85. The highest BCUT2D eigenvalue weighted by atomic mass is 16.4. The molecule has 1 N–H and O–H groups in total. The molecule has 0 bridgehead atoms. The minimum absolute atomic E-state index is 0.137. The van der Waals surface area contributed by atoms with Crippen molar-refractivity contribution in [1.82, 2.24) is 10.3 Å². The van der Waals surface area contributed by atoms with Crippen LogP contribution in [0.1, 0.15) is 48.4 Å². The molecule has 2 heterocycles. The lowest BCUT2D eigenvalue weighted by Crippen LogP contribution is -2.36. The summed E-state index contributed by atoms with van der Waals surface area (Å²) in [5.74, 6) is 0.576. The second-order valence-electron chi connectivity index (χ2n) is 5.49. The number of carbonyl (C=O) groups is 2. The van der Waals surface area contributed by atoms with Gasteiger partial charge in [0.25, 0.3) is 5.91 Å². The highest BCUT2D eigenvalue weighted by molar-refractivity contribution is 6.52.